The quantitative estimate of drug-likeness (QED) is 0.562. The number of likely N-dealkylation sites (N-methyl/N-ethyl adjacent to an activating group) is 1. The van der Waals surface area contributed by atoms with Gasteiger partial charge in [0.25, 0.3) is 0 Å². The highest BCUT2D eigenvalue weighted by Crippen LogP contribution is 1.76. The van der Waals surface area contributed by atoms with Crippen molar-refractivity contribution in [1.29, 1.82) is 0 Å². The Morgan fingerprint density at radius 3 is 2.36 bits per heavy atom. The molecule has 0 aliphatic rings. The van der Waals surface area contributed by atoms with Crippen molar-refractivity contribution in [3.05, 3.63) is 0 Å². The number of carbonyl (C=O) groups is 1. The van der Waals surface area contributed by atoms with Crippen molar-refractivity contribution < 1.29 is 4.79 Å². The van der Waals surface area contributed by atoms with Crippen molar-refractivity contribution in [3.63, 3.8) is 0 Å². The van der Waals surface area contributed by atoms with Crippen LogP contribution < -0.4 is 10.6 Å². The first-order chi connectivity index (χ1) is 5.31. The molecule has 0 saturated carbocycles. The molecule has 0 aliphatic heterocycles. The van der Waals surface area contributed by atoms with E-state index < -0.39 is 0 Å². The molecule has 0 heterocycles. The molecule has 0 aromatic heterocycles. The molecule has 0 fully saturated rings. The highest BCUT2D eigenvalue weighted by molar-refractivity contribution is 9.09. The first kappa shape index (κ1) is 13.8. The second kappa shape index (κ2) is 12.8. The van der Waals surface area contributed by atoms with Gasteiger partial charge in [-0.25, -0.2) is 0 Å². The van der Waals surface area contributed by atoms with E-state index in [1.165, 1.54) is 6.38 Å². The van der Waals surface area contributed by atoms with Gasteiger partial charge in [0.15, 0.2) is 0 Å². The van der Waals surface area contributed by atoms with Crippen LogP contribution in [0, 0.1) is 0 Å². The normalized spacial score (nSPS) is 8.00. The highest BCUT2D eigenvalue weighted by atomic mass is 79.9. The fourth-order valence-electron chi connectivity index (χ4n) is 0.374. The average molecular weight is 246 g/mol. The maximum atomic E-state index is 10.5. The first-order valence-electron chi connectivity index (χ1n) is 3.16. The van der Waals surface area contributed by atoms with Crippen LogP contribution in [-0.4, -0.2) is 37.8 Å². The van der Waals surface area contributed by atoms with Crippen LogP contribution in [0.1, 0.15) is 0 Å². The van der Waals surface area contributed by atoms with Gasteiger partial charge >= 0.3 is 0 Å². The van der Waals surface area contributed by atoms with Crippen LogP contribution in [0.25, 0.3) is 0 Å². The van der Waals surface area contributed by atoms with Gasteiger partial charge in [-0.1, -0.05) is 15.9 Å². The van der Waals surface area contributed by atoms with Crippen LogP contribution in [0.2, 0.25) is 0 Å². The molecule has 0 bridgehead atoms. The summed E-state index contributed by atoms with van der Waals surface area (Å²) < 4.78 is 0. The molecule has 0 radical (unpaired) electrons. The van der Waals surface area contributed by atoms with Crippen molar-refractivity contribution in [2.45, 2.75) is 0 Å². The molecule has 0 atom stereocenters. The number of hydrogen-bond acceptors (Lipinski definition) is 2. The number of carbonyl (C=O) groups excluding carboxylic acids is 1. The fourth-order valence-corrected chi connectivity index (χ4v) is 0.572. The molecule has 0 saturated heterocycles. The zero-order valence-corrected chi connectivity index (χ0v) is 9.13. The van der Waals surface area contributed by atoms with Gasteiger partial charge in [0.05, 0.1) is 5.33 Å². The lowest BCUT2D eigenvalue weighted by molar-refractivity contribution is -0.118. The zero-order chi connectivity index (χ0) is 9.11. The van der Waals surface area contributed by atoms with Crippen molar-refractivity contribution in [1.82, 2.24) is 10.6 Å². The third-order valence-corrected chi connectivity index (χ3v) is 1.33. The molecule has 2 N–H and O–H groups in total. The van der Waals surface area contributed by atoms with Gasteiger partial charge in [0, 0.05) is 19.5 Å². The summed E-state index contributed by atoms with van der Waals surface area (Å²) in [4.78, 5) is 10.5. The Hall–Kier alpha value is 0.200. The molecule has 0 aliphatic carbocycles. The summed E-state index contributed by atoms with van der Waals surface area (Å²) in [6, 6.07) is 0. The Balaban J connectivity index is 0. The minimum absolute atomic E-state index is 0.0326. The molecule has 1 amide bonds. The summed E-state index contributed by atoms with van der Waals surface area (Å²) in [6.07, 6.45) is 1.47. The summed E-state index contributed by atoms with van der Waals surface area (Å²) >= 11 is 7.67. The number of amides is 1. The van der Waals surface area contributed by atoms with E-state index in [0.29, 0.717) is 11.9 Å². The van der Waals surface area contributed by atoms with Crippen molar-refractivity contribution >= 4 is 33.4 Å². The second-order valence-corrected chi connectivity index (χ2v) is 2.15. The summed E-state index contributed by atoms with van der Waals surface area (Å²) in [5.41, 5.74) is 0. The lowest BCUT2D eigenvalue weighted by Gasteiger charge is -1.99. The van der Waals surface area contributed by atoms with E-state index in [4.69, 9.17) is 0 Å². The van der Waals surface area contributed by atoms with Gasteiger partial charge < -0.3 is 10.6 Å². The number of hydrogen-bond donors (Lipinski definition) is 2. The fraction of sp³-hybridized carbons (Fsp3) is 0.833. The molecule has 5 heteroatoms. The minimum atomic E-state index is 0.0326. The first-order valence-corrected chi connectivity index (χ1v) is 5.04. The van der Waals surface area contributed by atoms with Crippen LogP contribution in [-0.2, 0) is 4.79 Å². The molecule has 0 unspecified atom stereocenters. The van der Waals surface area contributed by atoms with E-state index in [1.54, 1.807) is 0 Å². The molecular weight excluding hydrogens is 231 g/mol. The Bertz CT molecular complexity index is 92.7. The van der Waals surface area contributed by atoms with E-state index in [9.17, 15) is 4.79 Å². The molecule has 11 heavy (non-hydrogen) atoms. The summed E-state index contributed by atoms with van der Waals surface area (Å²) in [5.74, 6) is 0.0326. The smallest absolute Gasteiger partial charge is 0.230 e. The Morgan fingerprint density at radius 1 is 1.45 bits per heavy atom. The third kappa shape index (κ3) is 13.2. The molecule has 0 spiro atoms. The van der Waals surface area contributed by atoms with Gasteiger partial charge in [-0.05, 0) is 7.05 Å². The lowest BCUT2D eigenvalue weighted by Crippen LogP contribution is -2.30. The Kier molecular flexibility index (Phi) is 16.1. The number of nitrogens with one attached hydrogen (secondary N) is 2. The van der Waals surface area contributed by atoms with Crippen LogP contribution in [0.5, 0.6) is 0 Å². The molecule has 0 aromatic carbocycles. The third-order valence-electron chi connectivity index (χ3n) is 0.819. The number of rotatable bonds is 4. The minimum Gasteiger partial charge on any atom is -0.354 e. The van der Waals surface area contributed by atoms with Crippen LogP contribution >= 0.6 is 27.5 Å². The molecule has 0 aromatic rings. The van der Waals surface area contributed by atoms with Crippen LogP contribution in [0.4, 0.5) is 0 Å². The summed E-state index contributed by atoms with van der Waals surface area (Å²) in [5, 5.41) is 5.99. The van der Waals surface area contributed by atoms with Gasteiger partial charge in [-0.15, -0.1) is 11.6 Å². The molecule has 3 nitrogen and oxygen atoms in total. The predicted octanol–water partition coefficient (Wildman–Crippen LogP) is 0.572. The maximum Gasteiger partial charge on any atom is 0.230 e. The van der Waals surface area contributed by atoms with E-state index in [1.807, 2.05) is 7.05 Å². The van der Waals surface area contributed by atoms with Crippen molar-refractivity contribution in [2.75, 3.05) is 31.9 Å². The monoisotopic (exact) mass is 244 g/mol. The van der Waals surface area contributed by atoms with E-state index in [-0.39, 0.29) is 5.91 Å². The highest BCUT2D eigenvalue weighted by Gasteiger charge is 1.93. The topological polar surface area (TPSA) is 41.1 Å². The van der Waals surface area contributed by atoms with Crippen molar-refractivity contribution in [3.8, 4) is 0 Å². The largest absolute Gasteiger partial charge is 0.354 e. The Labute approximate surface area is 81.0 Å². The van der Waals surface area contributed by atoms with E-state index in [0.717, 1.165) is 6.54 Å². The van der Waals surface area contributed by atoms with Crippen LogP contribution in [0.15, 0.2) is 0 Å². The predicted molar refractivity (Wildman–Crippen MR) is 52.5 cm³/mol. The summed E-state index contributed by atoms with van der Waals surface area (Å²) in [7, 11) is 1.85. The average Bonchev–Trinajstić information content (AvgIpc) is 2.08. The van der Waals surface area contributed by atoms with Crippen LogP contribution in [0.3, 0.4) is 0 Å². The van der Waals surface area contributed by atoms with Gasteiger partial charge in [0.1, 0.15) is 0 Å². The van der Waals surface area contributed by atoms with E-state index >= 15 is 0 Å². The standard InChI is InChI=1S/C5H11BrN2O.CH3Cl/c1-7-2-3-8-5(9)4-6;1-2/h7H,2-4H2,1H3,(H,8,9);1H3. The van der Waals surface area contributed by atoms with Crippen molar-refractivity contribution in [2.24, 2.45) is 0 Å². The van der Waals surface area contributed by atoms with E-state index in [2.05, 4.69) is 38.2 Å². The maximum absolute atomic E-state index is 10.5. The molecule has 0 rings (SSSR count). The van der Waals surface area contributed by atoms with Gasteiger partial charge in [0.2, 0.25) is 5.91 Å². The lowest BCUT2D eigenvalue weighted by atomic mass is 10.6. The number of halogens is 2. The second-order valence-electron chi connectivity index (χ2n) is 1.59. The van der Waals surface area contributed by atoms with Gasteiger partial charge in [-0.2, -0.15) is 0 Å². The van der Waals surface area contributed by atoms with Gasteiger partial charge in [-0.3, -0.25) is 4.79 Å². The molecule has 68 valence electrons. The Morgan fingerprint density at radius 2 is 2.00 bits per heavy atom. The summed E-state index contributed by atoms with van der Waals surface area (Å²) in [6.45, 7) is 1.51. The SMILES string of the molecule is CCl.CNCCNC(=O)CBr. The molecular formula is C6H14BrClN2O. The zero-order valence-electron chi connectivity index (χ0n) is 6.79. The number of alkyl halides is 2.